The first-order valence-corrected chi connectivity index (χ1v) is 8.49. The number of rotatable bonds is 5. The molecule has 1 unspecified atom stereocenters. The molecule has 1 heterocycles. The Balaban J connectivity index is 2.08. The van der Waals surface area contributed by atoms with Gasteiger partial charge in [0.05, 0.1) is 33.7 Å². The van der Waals surface area contributed by atoms with Gasteiger partial charge in [-0.3, -0.25) is 4.48 Å². The van der Waals surface area contributed by atoms with E-state index in [4.69, 9.17) is 9.47 Å². The molecule has 0 amide bonds. The van der Waals surface area contributed by atoms with Crippen LogP contribution in [-0.2, 0) is 6.42 Å². The normalized spacial score (nSPS) is 16.6. The van der Waals surface area contributed by atoms with E-state index < -0.39 is 0 Å². The minimum Gasteiger partial charge on any atom is -0.496 e. The van der Waals surface area contributed by atoms with Crippen LogP contribution in [0.5, 0.6) is 11.5 Å². The average Bonchev–Trinajstić information content (AvgIpc) is 3.04. The lowest BCUT2D eigenvalue weighted by molar-refractivity contribution is -0.946. The summed E-state index contributed by atoms with van der Waals surface area (Å²) in [5.41, 5.74) is 2.56. The number of quaternary nitrogens is 1. The predicted molar refractivity (Wildman–Crippen MR) is 93.8 cm³/mol. The topological polar surface area (TPSA) is 18.5 Å². The van der Waals surface area contributed by atoms with E-state index in [-0.39, 0.29) is 12.0 Å². The van der Waals surface area contributed by atoms with Crippen molar-refractivity contribution in [1.82, 2.24) is 0 Å². The zero-order valence-corrected chi connectivity index (χ0v) is 14.8. The molecule has 0 N–H and O–H groups in total. The molecule has 1 aliphatic rings. The van der Waals surface area contributed by atoms with Crippen molar-refractivity contribution in [3.63, 3.8) is 0 Å². The van der Waals surface area contributed by atoms with Gasteiger partial charge in [-0.2, -0.15) is 0 Å². The zero-order chi connectivity index (χ0) is 17.3. The quantitative estimate of drug-likeness (QED) is 0.763. The highest BCUT2D eigenvalue weighted by molar-refractivity contribution is 5.77. The summed E-state index contributed by atoms with van der Waals surface area (Å²) in [6.07, 6.45) is 0.748. The molecule has 2 aromatic rings. The fraction of sp³-hybridized carbons (Fsp3) is 0.400. The Hall–Kier alpha value is -2.07. The van der Waals surface area contributed by atoms with E-state index in [1.807, 2.05) is 24.3 Å². The molecule has 3 rings (SSSR count). The highest BCUT2D eigenvalue weighted by Crippen LogP contribution is 2.43. The van der Waals surface area contributed by atoms with Crippen molar-refractivity contribution >= 4 is 0 Å². The van der Waals surface area contributed by atoms with Crippen LogP contribution in [0.2, 0.25) is 0 Å². The summed E-state index contributed by atoms with van der Waals surface area (Å²) in [5.74, 6) is 1.28. The number of fused-ring (bicyclic) bond motifs is 1. The Morgan fingerprint density at radius 2 is 1.88 bits per heavy atom. The highest BCUT2D eigenvalue weighted by atomic mass is 19.1. The first kappa shape index (κ1) is 16.8. The second kappa shape index (κ2) is 6.44. The van der Waals surface area contributed by atoms with Gasteiger partial charge in [-0.25, -0.2) is 4.39 Å². The molecule has 0 bridgehead atoms. The van der Waals surface area contributed by atoms with Gasteiger partial charge in [0.1, 0.15) is 17.3 Å². The summed E-state index contributed by atoms with van der Waals surface area (Å²) in [6, 6.07) is 10.8. The summed E-state index contributed by atoms with van der Waals surface area (Å²) in [7, 11) is 3.82. The van der Waals surface area contributed by atoms with Crippen molar-refractivity contribution < 1.29 is 18.3 Å². The van der Waals surface area contributed by atoms with Crippen molar-refractivity contribution in [2.45, 2.75) is 26.5 Å². The van der Waals surface area contributed by atoms with Crippen LogP contribution in [0.4, 0.5) is 4.39 Å². The number of para-hydroxylation sites is 1. The van der Waals surface area contributed by atoms with Gasteiger partial charge in [-0.15, -0.1) is 0 Å². The maximum absolute atomic E-state index is 14.2. The summed E-state index contributed by atoms with van der Waals surface area (Å²) < 4.78 is 26.8. The van der Waals surface area contributed by atoms with Crippen molar-refractivity contribution in [2.75, 3.05) is 27.2 Å². The van der Waals surface area contributed by atoms with Gasteiger partial charge in [0.25, 0.3) is 0 Å². The monoisotopic (exact) mass is 330 g/mol. The summed E-state index contributed by atoms with van der Waals surface area (Å²) in [5, 5.41) is 0. The molecule has 0 radical (unpaired) electrons. The summed E-state index contributed by atoms with van der Waals surface area (Å²) >= 11 is 0. The second-order valence-electron chi connectivity index (χ2n) is 6.53. The molecule has 4 heteroatoms. The van der Waals surface area contributed by atoms with Gasteiger partial charge in [-0.1, -0.05) is 18.2 Å². The fourth-order valence-corrected chi connectivity index (χ4v) is 3.35. The predicted octanol–water partition coefficient (Wildman–Crippen LogP) is 4.25. The van der Waals surface area contributed by atoms with Crippen LogP contribution >= 0.6 is 0 Å². The van der Waals surface area contributed by atoms with Crippen LogP contribution in [0.25, 0.3) is 11.1 Å². The molecule has 128 valence electrons. The van der Waals surface area contributed by atoms with Crippen molar-refractivity contribution in [2.24, 2.45) is 0 Å². The Morgan fingerprint density at radius 1 is 1.17 bits per heavy atom. The lowest BCUT2D eigenvalue weighted by atomic mass is 9.99. The number of likely N-dealkylation sites (N-methyl/N-ethyl adjacent to an activating group) is 1. The van der Waals surface area contributed by atoms with E-state index in [2.05, 4.69) is 20.9 Å². The van der Waals surface area contributed by atoms with Gasteiger partial charge in [0.2, 0.25) is 6.23 Å². The highest BCUT2D eigenvalue weighted by Gasteiger charge is 2.38. The molecule has 0 saturated heterocycles. The molecule has 2 aromatic carbocycles. The van der Waals surface area contributed by atoms with E-state index in [1.165, 1.54) is 0 Å². The average molecular weight is 330 g/mol. The number of halogens is 1. The number of methoxy groups -OCH3 is 1. The van der Waals surface area contributed by atoms with Gasteiger partial charge in [0.15, 0.2) is 0 Å². The van der Waals surface area contributed by atoms with Gasteiger partial charge in [-0.05, 0) is 32.0 Å². The van der Waals surface area contributed by atoms with Crippen LogP contribution in [0.3, 0.4) is 0 Å². The lowest BCUT2D eigenvalue weighted by Crippen LogP contribution is -2.54. The summed E-state index contributed by atoms with van der Waals surface area (Å²) in [4.78, 5) is 0. The third-order valence-corrected chi connectivity index (χ3v) is 5.32. The standard InChI is InChI=1S/C20H25FNO2/c1-5-22(3,6-2)19-12-14-11-15(21)13-17(20(14)24-19)16-9-7-8-10-18(16)23-4/h7-11,13,19H,5-6,12H2,1-4H3/q+1. The minimum atomic E-state index is -0.235. The van der Waals surface area contributed by atoms with E-state index >= 15 is 0 Å². The lowest BCUT2D eigenvalue weighted by Gasteiger charge is -2.37. The largest absolute Gasteiger partial charge is 0.496 e. The molecule has 0 spiro atoms. The SMILES string of the molecule is CC[N+](C)(CC)C1Cc2cc(F)cc(-c3ccccc3OC)c2O1. The smallest absolute Gasteiger partial charge is 0.237 e. The molecule has 0 aliphatic carbocycles. The number of hydrogen-bond acceptors (Lipinski definition) is 2. The van der Waals surface area contributed by atoms with E-state index in [9.17, 15) is 4.39 Å². The number of ether oxygens (including phenoxy) is 2. The Kier molecular flexibility index (Phi) is 4.50. The molecule has 3 nitrogen and oxygen atoms in total. The Morgan fingerprint density at radius 3 is 2.54 bits per heavy atom. The van der Waals surface area contributed by atoms with Crippen molar-refractivity contribution in [1.29, 1.82) is 0 Å². The fourth-order valence-electron chi connectivity index (χ4n) is 3.35. The molecule has 0 saturated carbocycles. The molecular formula is C20H25FNO2+. The van der Waals surface area contributed by atoms with Crippen LogP contribution in [0.1, 0.15) is 19.4 Å². The molecule has 0 fully saturated rings. The minimum absolute atomic E-state index is 0.0188. The Bertz CT molecular complexity index is 740. The van der Waals surface area contributed by atoms with E-state index in [0.717, 1.165) is 52.2 Å². The van der Waals surface area contributed by atoms with Crippen LogP contribution in [0, 0.1) is 5.82 Å². The van der Waals surface area contributed by atoms with Crippen molar-refractivity contribution in [3.05, 3.63) is 47.8 Å². The number of nitrogens with zero attached hydrogens (tertiary/aromatic N) is 1. The third-order valence-electron chi connectivity index (χ3n) is 5.32. The zero-order valence-electron chi connectivity index (χ0n) is 14.8. The van der Waals surface area contributed by atoms with Gasteiger partial charge >= 0.3 is 0 Å². The first-order chi connectivity index (χ1) is 11.5. The first-order valence-electron chi connectivity index (χ1n) is 8.49. The third kappa shape index (κ3) is 2.75. The second-order valence-corrected chi connectivity index (χ2v) is 6.53. The van der Waals surface area contributed by atoms with Crippen molar-refractivity contribution in [3.8, 4) is 22.6 Å². The van der Waals surface area contributed by atoms with Gasteiger partial charge in [0, 0.05) is 16.7 Å². The van der Waals surface area contributed by atoms with Crippen LogP contribution in [-0.4, -0.2) is 38.0 Å². The maximum atomic E-state index is 14.2. The molecule has 24 heavy (non-hydrogen) atoms. The molecule has 0 aromatic heterocycles. The number of hydrogen-bond donors (Lipinski definition) is 0. The number of benzene rings is 2. The van der Waals surface area contributed by atoms with Crippen LogP contribution in [0.15, 0.2) is 36.4 Å². The molecule has 1 atom stereocenters. The summed E-state index contributed by atoms with van der Waals surface area (Å²) in [6.45, 7) is 6.28. The molecular weight excluding hydrogens is 305 g/mol. The molecule has 1 aliphatic heterocycles. The Labute approximate surface area is 143 Å². The van der Waals surface area contributed by atoms with E-state index in [1.54, 1.807) is 19.2 Å². The van der Waals surface area contributed by atoms with Crippen LogP contribution < -0.4 is 9.47 Å². The van der Waals surface area contributed by atoms with E-state index in [0.29, 0.717) is 0 Å². The maximum Gasteiger partial charge on any atom is 0.237 e. The van der Waals surface area contributed by atoms with Gasteiger partial charge < -0.3 is 9.47 Å².